The minimum atomic E-state index is -0.138. The van der Waals surface area contributed by atoms with Gasteiger partial charge in [0.05, 0.1) is 12.2 Å². The van der Waals surface area contributed by atoms with Crippen molar-refractivity contribution < 1.29 is 9.53 Å². The van der Waals surface area contributed by atoms with Gasteiger partial charge in [-0.1, -0.05) is 48.4 Å². The number of anilines is 1. The Balaban J connectivity index is 1.76. The van der Waals surface area contributed by atoms with Crippen molar-refractivity contribution in [2.45, 2.75) is 32.9 Å². The summed E-state index contributed by atoms with van der Waals surface area (Å²) in [6.07, 6.45) is 0.827. The molecule has 1 heterocycles. The summed E-state index contributed by atoms with van der Waals surface area (Å²) in [6.45, 7) is 5.10. The van der Waals surface area contributed by atoms with Gasteiger partial charge in [-0.15, -0.1) is 0 Å². The van der Waals surface area contributed by atoms with E-state index in [0.717, 1.165) is 12.0 Å². The summed E-state index contributed by atoms with van der Waals surface area (Å²) in [5.41, 5.74) is 2.99. The Hall–Kier alpha value is -2.20. The molecule has 0 unspecified atom stereocenters. The van der Waals surface area contributed by atoms with Crippen molar-refractivity contribution >= 4 is 23.3 Å². The van der Waals surface area contributed by atoms with E-state index in [1.54, 1.807) is 17.0 Å². The molecule has 1 N–H and O–H groups in total. The molecule has 1 aliphatic rings. The lowest BCUT2D eigenvalue weighted by Crippen LogP contribution is -2.47. The van der Waals surface area contributed by atoms with Crippen molar-refractivity contribution in [3.63, 3.8) is 0 Å². The Labute approximate surface area is 147 Å². The van der Waals surface area contributed by atoms with E-state index < -0.39 is 0 Å². The number of benzene rings is 2. The van der Waals surface area contributed by atoms with E-state index in [-0.39, 0.29) is 12.1 Å². The summed E-state index contributed by atoms with van der Waals surface area (Å²) >= 11 is 6.09. The van der Waals surface area contributed by atoms with Gasteiger partial charge in [0.25, 0.3) is 0 Å². The Morgan fingerprint density at radius 2 is 2.04 bits per heavy atom. The number of nitrogens with one attached hydrogen (secondary N) is 1. The van der Waals surface area contributed by atoms with E-state index in [9.17, 15) is 4.79 Å². The van der Waals surface area contributed by atoms with Crippen molar-refractivity contribution in [1.29, 1.82) is 0 Å². The number of rotatable bonds is 3. The Bertz CT molecular complexity index is 731. The molecule has 0 radical (unpaired) electrons. The molecule has 0 aliphatic carbocycles. The molecule has 0 fully saturated rings. The van der Waals surface area contributed by atoms with E-state index >= 15 is 0 Å². The summed E-state index contributed by atoms with van der Waals surface area (Å²) in [6, 6.07) is 13.4. The number of amides is 2. The molecule has 5 heteroatoms. The summed E-state index contributed by atoms with van der Waals surface area (Å²) in [5.74, 6) is 0.697. The molecule has 1 atom stereocenters. The van der Waals surface area contributed by atoms with Gasteiger partial charge in [0.15, 0.2) is 0 Å². The lowest BCUT2D eigenvalue weighted by molar-refractivity contribution is 0.186. The molecule has 2 amide bonds. The highest BCUT2D eigenvalue weighted by Gasteiger charge is 2.29. The molecule has 0 aromatic heterocycles. The van der Waals surface area contributed by atoms with Gasteiger partial charge in [-0.05, 0) is 37.1 Å². The monoisotopic (exact) mass is 344 g/mol. The molecular weight excluding hydrogens is 324 g/mol. The summed E-state index contributed by atoms with van der Waals surface area (Å²) in [4.78, 5) is 14.4. The fraction of sp³-hybridized carbons (Fsp3) is 0.316. The number of aryl methyl sites for hydroxylation is 1. The Morgan fingerprint density at radius 1 is 1.29 bits per heavy atom. The van der Waals surface area contributed by atoms with Crippen LogP contribution in [0.3, 0.4) is 0 Å². The topological polar surface area (TPSA) is 41.6 Å². The third-order valence-corrected chi connectivity index (χ3v) is 4.39. The van der Waals surface area contributed by atoms with E-state index in [0.29, 0.717) is 29.5 Å². The highest BCUT2D eigenvalue weighted by molar-refractivity contribution is 6.31. The average molecular weight is 345 g/mol. The number of urea groups is 1. The maximum Gasteiger partial charge on any atom is 0.322 e. The van der Waals surface area contributed by atoms with Gasteiger partial charge in [-0.2, -0.15) is 0 Å². The molecule has 126 valence electrons. The SMILES string of the molecule is CC[C@H]1CN(C(=O)NCc2ccc(C)cc2)c2cc(Cl)ccc2O1. The fourth-order valence-corrected chi connectivity index (χ4v) is 2.87. The van der Waals surface area contributed by atoms with Gasteiger partial charge in [-0.3, -0.25) is 4.90 Å². The summed E-state index contributed by atoms with van der Waals surface area (Å²) < 4.78 is 5.91. The van der Waals surface area contributed by atoms with Crippen LogP contribution in [-0.2, 0) is 6.54 Å². The molecule has 2 aromatic rings. The number of ether oxygens (including phenoxy) is 1. The van der Waals surface area contributed by atoms with E-state index in [4.69, 9.17) is 16.3 Å². The second kappa shape index (κ2) is 7.14. The van der Waals surface area contributed by atoms with Crippen LogP contribution >= 0.6 is 11.6 Å². The zero-order valence-electron chi connectivity index (χ0n) is 13.9. The molecule has 2 aromatic carbocycles. The van der Waals surface area contributed by atoms with Gasteiger partial charge < -0.3 is 10.1 Å². The number of hydrogen-bond donors (Lipinski definition) is 1. The Morgan fingerprint density at radius 3 is 2.75 bits per heavy atom. The zero-order chi connectivity index (χ0) is 17.1. The van der Waals surface area contributed by atoms with Crippen LogP contribution in [0.4, 0.5) is 10.5 Å². The normalized spacial score (nSPS) is 16.3. The van der Waals surface area contributed by atoms with Gasteiger partial charge in [0.1, 0.15) is 11.9 Å². The highest BCUT2D eigenvalue weighted by Crippen LogP contribution is 2.36. The predicted octanol–water partition coefficient (Wildman–Crippen LogP) is 4.54. The summed E-state index contributed by atoms with van der Waals surface area (Å²) in [5, 5.41) is 3.57. The van der Waals surface area contributed by atoms with Crippen LogP contribution in [0.1, 0.15) is 24.5 Å². The molecule has 0 saturated heterocycles. The van der Waals surface area contributed by atoms with E-state index in [2.05, 4.69) is 5.32 Å². The van der Waals surface area contributed by atoms with E-state index in [1.165, 1.54) is 5.56 Å². The number of hydrogen-bond acceptors (Lipinski definition) is 2. The first-order valence-corrected chi connectivity index (χ1v) is 8.51. The van der Waals surface area contributed by atoms with Crippen molar-refractivity contribution in [3.05, 3.63) is 58.6 Å². The van der Waals surface area contributed by atoms with E-state index in [1.807, 2.05) is 44.2 Å². The molecular formula is C19H21ClN2O2. The minimum Gasteiger partial charge on any atom is -0.486 e. The van der Waals surface area contributed by atoms with Crippen molar-refractivity contribution in [2.75, 3.05) is 11.4 Å². The quantitative estimate of drug-likeness (QED) is 0.888. The number of fused-ring (bicyclic) bond motifs is 1. The largest absolute Gasteiger partial charge is 0.486 e. The number of nitrogens with zero attached hydrogens (tertiary/aromatic N) is 1. The standard InChI is InChI=1S/C19H21ClN2O2/c1-3-16-12-22(17-10-15(20)8-9-18(17)24-16)19(23)21-11-14-6-4-13(2)5-7-14/h4-10,16H,3,11-12H2,1-2H3,(H,21,23)/t16-/m0/s1. The van der Waals surface area contributed by atoms with Crippen molar-refractivity contribution in [1.82, 2.24) is 5.32 Å². The van der Waals surface area contributed by atoms with Crippen LogP contribution < -0.4 is 15.0 Å². The summed E-state index contributed by atoms with van der Waals surface area (Å²) in [7, 11) is 0. The van der Waals surface area contributed by atoms with Crippen LogP contribution in [0.25, 0.3) is 0 Å². The molecule has 0 bridgehead atoms. The molecule has 24 heavy (non-hydrogen) atoms. The first-order valence-electron chi connectivity index (χ1n) is 8.14. The minimum absolute atomic E-state index is 0.0104. The van der Waals surface area contributed by atoms with Gasteiger partial charge in [0.2, 0.25) is 0 Å². The van der Waals surface area contributed by atoms with Gasteiger partial charge >= 0.3 is 6.03 Å². The van der Waals surface area contributed by atoms with Crippen molar-refractivity contribution in [3.8, 4) is 5.75 Å². The molecule has 1 aliphatic heterocycles. The second-order valence-corrected chi connectivity index (χ2v) is 6.45. The second-order valence-electron chi connectivity index (χ2n) is 6.02. The number of carbonyl (C=O) groups excluding carboxylic acids is 1. The van der Waals surface area contributed by atoms with Crippen LogP contribution in [0.2, 0.25) is 5.02 Å². The number of halogens is 1. The molecule has 0 spiro atoms. The molecule has 3 rings (SSSR count). The van der Waals surface area contributed by atoms with Crippen molar-refractivity contribution in [2.24, 2.45) is 0 Å². The number of carbonyl (C=O) groups is 1. The maximum absolute atomic E-state index is 12.7. The third-order valence-electron chi connectivity index (χ3n) is 4.16. The first-order chi connectivity index (χ1) is 11.6. The third kappa shape index (κ3) is 3.65. The lowest BCUT2D eigenvalue weighted by Gasteiger charge is -2.34. The van der Waals surface area contributed by atoms with Crippen LogP contribution in [-0.4, -0.2) is 18.7 Å². The van der Waals surface area contributed by atoms with Gasteiger partial charge in [0, 0.05) is 11.6 Å². The lowest BCUT2D eigenvalue weighted by atomic mass is 10.1. The highest BCUT2D eigenvalue weighted by atomic mass is 35.5. The molecule has 0 saturated carbocycles. The maximum atomic E-state index is 12.7. The van der Waals surface area contributed by atoms with Crippen LogP contribution in [0.15, 0.2) is 42.5 Å². The zero-order valence-corrected chi connectivity index (χ0v) is 14.6. The predicted molar refractivity (Wildman–Crippen MR) is 96.9 cm³/mol. The Kier molecular flexibility index (Phi) is 4.95. The smallest absolute Gasteiger partial charge is 0.322 e. The van der Waals surface area contributed by atoms with Gasteiger partial charge in [-0.25, -0.2) is 4.79 Å². The van der Waals surface area contributed by atoms with Crippen LogP contribution in [0, 0.1) is 6.92 Å². The molecule has 4 nitrogen and oxygen atoms in total. The average Bonchev–Trinajstić information content (AvgIpc) is 2.60. The fourth-order valence-electron chi connectivity index (χ4n) is 2.70. The first kappa shape index (κ1) is 16.7. The van der Waals surface area contributed by atoms with Crippen LogP contribution in [0.5, 0.6) is 5.75 Å².